The molecule has 6 heteroatoms. The summed E-state index contributed by atoms with van der Waals surface area (Å²) in [5, 5.41) is 0. The maximum absolute atomic E-state index is 13.5. The molecule has 1 spiro atoms. The van der Waals surface area contributed by atoms with E-state index in [9.17, 15) is 8.78 Å². The van der Waals surface area contributed by atoms with E-state index in [2.05, 4.69) is 4.90 Å². The van der Waals surface area contributed by atoms with Gasteiger partial charge in [-0.15, -0.1) is 0 Å². The van der Waals surface area contributed by atoms with Crippen LogP contribution in [0.1, 0.15) is 44.2 Å². The van der Waals surface area contributed by atoms with Gasteiger partial charge in [-0.3, -0.25) is 0 Å². The van der Waals surface area contributed by atoms with E-state index in [1.807, 2.05) is 17.9 Å². The van der Waals surface area contributed by atoms with Crippen LogP contribution >= 0.6 is 0 Å². The molecule has 2 saturated heterocycles. The van der Waals surface area contributed by atoms with Crippen molar-refractivity contribution in [2.45, 2.75) is 51.4 Å². The van der Waals surface area contributed by atoms with E-state index in [1.54, 1.807) is 0 Å². The molecule has 1 aromatic heterocycles. The Kier molecular flexibility index (Phi) is 3.62. The fraction of sp³-hybridized carbons (Fsp3) is 0.722. The summed E-state index contributed by atoms with van der Waals surface area (Å²) in [5.41, 5.74) is 9.46. The maximum Gasteiger partial charge on any atom is 0.251 e. The lowest BCUT2D eigenvalue weighted by atomic mass is 9.93. The monoisotopic (exact) mass is 336 g/mol. The summed E-state index contributed by atoms with van der Waals surface area (Å²) in [4.78, 5) is 9.02. The number of anilines is 3. The molecule has 3 aliphatic rings. The van der Waals surface area contributed by atoms with Gasteiger partial charge in [0.25, 0.3) is 5.92 Å². The van der Waals surface area contributed by atoms with Gasteiger partial charge in [0, 0.05) is 44.7 Å². The Morgan fingerprint density at radius 1 is 0.958 bits per heavy atom. The summed E-state index contributed by atoms with van der Waals surface area (Å²) in [7, 11) is 0. The van der Waals surface area contributed by atoms with Crippen LogP contribution < -0.4 is 15.5 Å². The van der Waals surface area contributed by atoms with E-state index < -0.39 is 5.92 Å². The van der Waals surface area contributed by atoms with Crippen molar-refractivity contribution in [2.24, 2.45) is 5.41 Å². The lowest BCUT2D eigenvalue weighted by Gasteiger charge is -2.39. The van der Waals surface area contributed by atoms with Crippen molar-refractivity contribution in [1.82, 2.24) is 4.98 Å². The Hall–Kier alpha value is -1.59. The molecule has 4 nitrogen and oxygen atoms in total. The zero-order valence-electron chi connectivity index (χ0n) is 14.3. The largest absolute Gasteiger partial charge is 0.397 e. The highest BCUT2D eigenvalue weighted by atomic mass is 19.3. The highest BCUT2D eigenvalue weighted by Crippen LogP contribution is 2.54. The molecule has 0 radical (unpaired) electrons. The smallest absolute Gasteiger partial charge is 0.251 e. The topological polar surface area (TPSA) is 45.4 Å². The minimum Gasteiger partial charge on any atom is -0.397 e. The molecule has 0 amide bonds. The molecule has 0 atom stereocenters. The third kappa shape index (κ3) is 2.91. The first-order valence-corrected chi connectivity index (χ1v) is 9.02. The van der Waals surface area contributed by atoms with Gasteiger partial charge in [0.05, 0.1) is 5.69 Å². The van der Waals surface area contributed by atoms with Crippen LogP contribution in [-0.2, 0) is 0 Å². The number of halogens is 2. The summed E-state index contributed by atoms with van der Waals surface area (Å²) >= 11 is 0. The van der Waals surface area contributed by atoms with Crippen molar-refractivity contribution in [3.63, 3.8) is 0 Å². The number of rotatable bonds is 2. The lowest BCUT2D eigenvalue weighted by Crippen LogP contribution is -2.42. The standard InChI is InChI=1S/C18H26F2N4/c1-13-12-14(21)15(23-8-4-17(2-3-17)5-9-23)16(22-13)24-10-6-18(19,20)7-11-24/h12H,2-11H2,1H3,(H2,21,22). The van der Waals surface area contributed by atoms with Crippen LogP contribution in [0.3, 0.4) is 0 Å². The Bertz CT molecular complexity index is 622. The molecule has 4 rings (SSSR count). The van der Waals surface area contributed by atoms with Crippen LogP contribution in [0, 0.1) is 12.3 Å². The molecule has 1 aromatic rings. The summed E-state index contributed by atoms with van der Waals surface area (Å²) in [6, 6.07) is 1.90. The van der Waals surface area contributed by atoms with Crippen molar-refractivity contribution in [1.29, 1.82) is 0 Å². The van der Waals surface area contributed by atoms with E-state index in [1.165, 1.54) is 25.7 Å². The van der Waals surface area contributed by atoms with Crippen LogP contribution in [0.2, 0.25) is 0 Å². The van der Waals surface area contributed by atoms with Crippen molar-refractivity contribution < 1.29 is 8.78 Å². The normalized spacial score (nSPS) is 25.1. The van der Waals surface area contributed by atoms with Gasteiger partial charge in [-0.1, -0.05) is 0 Å². The second-order valence-electron chi connectivity index (χ2n) is 7.86. The molecule has 2 N–H and O–H groups in total. The highest BCUT2D eigenvalue weighted by Gasteiger charge is 2.45. The van der Waals surface area contributed by atoms with E-state index in [4.69, 9.17) is 10.7 Å². The zero-order chi connectivity index (χ0) is 16.9. The van der Waals surface area contributed by atoms with E-state index >= 15 is 0 Å². The average Bonchev–Trinajstić information content (AvgIpc) is 3.27. The first kappa shape index (κ1) is 15.9. The fourth-order valence-electron chi connectivity index (χ4n) is 4.15. The number of aryl methyl sites for hydroxylation is 1. The molecule has 0 unspecified atom stereocenters. The third-order valence-electron chi connectivity index (χ3n) is 6.02. The predicted octanol–water partition coefficient (Wildman–Crippen LogP) is 3.59. The van der Waals surface area contributed by atoms with Crippen molar-refractivity contribution in [3.05, 3.63) is 11.8 Å². The number of aromatic nitrogens is 1. The van der Waals surface area contributed by atoms with E-state index in [0.29, 0.717) is 18.5 Å². The molecule has 132 valence electrons. The van der Waals surface area contributed by atoms with Gasteiger partial charge in [0.1, 0.15) is 5.69 Å². The number of nitrogens with zero attached hydrogens (tertiary/aromatic N) is 3. The van der Waals surface area contributed by atoms with Crippen LogP contribution in [-0.4, -0.2) is 37.1 Å². The zero-order valence-corrected chi connectivity index (χ0v) is 14.3. The van der Waals surface area contributed by atoms with Gasteiger partial charge in [-0.25, -0.2) is 13.8 Å². The minimum absolute atomic E-state index is 0.106. The van der Waals surface area contributed by atoms with E-state index in [0.717, 1.165) is 36.0 Å². The molecule has 3 fully saturated rings. The van der Waals surface area contributed by atoms with Gasteiger partial charge in [-0.05, 0) is 44.1 Å². The summed E-state index contributed by atoms with van der Waals surface area (Å²) in [6.07, 6.45) is 4.92. The number of pyridine rings is 1. The maximum atomic E-state index is 13.5. The Morgan fingerprint density at radius 3 is 2.12 bits per heavy atom. The Labute approximate surface area is 142 Å². The number of nitrogens with two attached hydrogens (primary N) is 1. The third-order valence-corrected chi connectivity index (χ3v) is 6.02. The lowest BCUT2D eigenvalue weighted by molar-refractivity contribution is -0.0221. The summed E-state index contributed by atoms with van der Waals surface area (Å²) < 4.78 is 27.0. The molecule has 0 bridgehead atoms. The summed E-state index contributed by atoms with van der Waals surface area (Å²) in [5.74, 6) is -1.75. The average molecular weight is 336 g/mol. The van der Waals surface area contributed by atoms with Gasteiger partial charge >= 0.3 is 0 Å². The van der Waals surface area contributed by atoms with Crippen LogP contribution in [0.25, 0.3) is 0 Å². The molecule has 1 saturated carbocycles. The van der Waals surface area contributed by atoms with Crippen LogP contribution in [0.15, 0.2) is 6.07 Å². The fourth-order valence-corrected chi connectivity index (χ4v) is 4.15. The number of hydrogen-bond acceptors (Lipinski definition) is 4. The second kappa shape index (κ2) is 5.46. The first-order chi connectivity index (χ1) is 11.4. The quantitative estimate of drug-likeness (QED) is 0.896. The van der Waals surface area contributed by atoms with Crippen LogP contribution in [0.5, 0.6) is 0 Å². The molecule has 0 aromatic carbocycles. The molecule has 2 aliphatic heterocycles. The van der Waals surface area contributed by atoms with Gasteiger partial charge in [0.2, 0.25) is 0 Å². The van der Waals surface area contributed by atoms with Gasteiger partial charge in [-0.2, -0.15) is 0 Å². The molecule has 3 heterocycles. The van der Waals surface area contributed by atoms with Gasteiger partial charge < -0.3 is 15.5 Å². The van der Waals surface area contributed by atoms with Crippen LogP contribution in [0.4, 0.5) is 26.0 Å². The van der Waals surface area contributed by atoms with E-state index in [-0.39, 0.29) is 12.8 Å². The van der Waals surface area contributed by atoms with Crippen molar-refractivity contribution in [3.8, 4) is 0 Å². The second-order valence-corrected chi connectivity index (χ2v) is 7.86. The molecular weight excluding hydrogens is 310 g/mol. The minimum atomic E-state index is -2.55. The molecular formula is C18H26F2N4. The highest BCUT2D eigenvalue weighted by molar-refractivity contribution is 5.81. The molecule has 1 aliphatic carbocycles. The van der Waals surface area contributed by atoms with Crippen molar-refractivity contribution in [2.75, 3.05) is 41.7 Å². The van der Waals surface area contributed by atoms with Gasteiger partial charge in [0.15, 0.2) is 5.82 Å². The first-order valence-electron chi connectivity index (χ1n) is 9.02. The Balaban J connectivity index is 1.61. The molecule has 24 heavy (non-hydrogen) atoms. The predicted molar refractivity (Wildman–Crippen MR) is 92.9 cm³/mol. The number of nitrogen functional groups attached to an aromatic ring is 1. The number of alkyl halides is 2. The number of hydrogen-bond donors (Lipinski definition) is 1. The Morgan fingerprint density at radius 2 is 1.54 bits per heavy atom. The summed E-state index contributed by atoms with van der Waals surface area (Å²) in [6.45, 7) is 4.58. The van der Waals surface area contributed by atoms with Crippen molar-refractivity contribution >= 4 is 17.2 Å². The SMILES string of the molecule is Cc1cc(N)c(N2CCC3(CC2)CC3)c(N2CCC(F)(F)CC2)n1. The number of piperidine rings is 2.